The average Bonchev–Trinajstić information content (AvgIpc) is 3.28. The molecular weight excluding hydrogens is 573 g/mol. The van der Waals surface area contributed by atoms with Gasteiger partial charge in [-0.3, -0.25) is 9.36 Å². The Labute approximate surface area is 222 Å². The van der Waals surface area contributed by atoms with Crippen molar-refractivity contribution in [2.24, 2.45) is 0 Å². The van der Waals surface area contributed by atoms with E-state index in [1.165, 1.54) is 15.3 Å². The first-order chi connectivity index (χ1) is 17.0. The van der Waals surface area contributed by atoms with Crippen molar-refractivity contribution in [2.75, 3.05) is 23.5 Å². The lowest BCUT2D eigenvalue weighted by atomic mass is 10.2. The van der Waals surface area contributed by atoms with Gasteiger partial charge in [0.1, 0.15) is 5.75 Å². The van der Waals surface area contributed by atoms with E-state index in [1.54, 1.807) is 7.11 Å². The molecule has 3 aromatic carbocycles. The molecule has 0 atom stereocenters. The summed E-state index contributed by atoms with van der Waals surface area (Å²) in [5.74, 6) is 2.10. The summed E-state index contributed by atoms with van der Waals surface area (Å²) in [6.45, 7) is 2.47. The summed E-state index contributed by atoms with van der Waals surface area (Å²) < 4.78 is 8.45. The molecule has 35 heavy (non-hydrogen) atoms. The Morgan fingerprint density at radius 2 is 1.83 bits per heavy atom. The van der Waals surface area contributed by atoms with E-state index in [-0.39, 0.29) is 5.91 Å². The molecule has 0 radical (unpaired) electrons. The number of thioether (sulfide) groups is 1. The summed E-state index contributed by atoms with van der Waals surface area (Å²) in [5, 5.41) is 16.0. The van der Waals surface area contributed by atoms with Crippen molar-refractivity contribution < 1.29 is 9.53 Å². The van der Waals surface area contributed by atoms with Crippen molar-refractivity contribution in [3.63, 3.8) is 0 Å². The zero-order chi connectivity index (χ0) is 24.6. The number of nitrogens with one attached hydrogen (secondary N) is 2. The van der Waals surface area contributed by atoms with Gasteiger partial charge in [-0.1, -0.05) is 30.0 Å². The highest BCUT2D eigenvalue weighted by atomic mass is 127. The highest BCUT2D eigenvalue weighted by molar-refractivity contribution is 14.1. The number of hydrogen-bond donors (Lipinski definition) is 2. The molecule has 0 aliphatic carbocycles. The maximum atomic E-state index is 12.5. The van der Waals surface area contributed by atoms with E-state index in [9.17, 15) is 4.79 Å². The number of halogens is 1. The number of aryl methyl sites for hydroxylation is 1. The van der Waals surface area contributed by atoms with Gasteiger partial charge in [0.2, 0.25) is 5.91 Å². The number of amides is 1. The number of carbonyl (C=O) groups is 1. The second kappa shape index (κ2) is 12.1. The number of aromatic nitrogens is 3. The molecule has 4 aromatic rings. The van der Waals surface area contributed by atoms with Gasteiger partial charge in [-0.15, -0.1) is 10.2 Å². The molecule has 4 rings (SSSR count). The second-order valence-corrected chi connectivity index (χ2v) is 10.1. The Morgan fingerprint density at radius 3 is 2.54 bits per heavy atom. The van der Waals surface area contributed by atoms with Crippen molar-refractivity contribution in [1.82, 2.24) is 14.8 Å². The Kier molecular flexibility index (Phi) is 8.64. The quantitative estimate of drug-likeness (QED) is 0.174. The minimum absolute atomic E-state index is 0.0443. The van der Waals surface area contributed by atoms with Crippen molar-refractivity contribution in [3.05, 3.63) is 87.8 Å². The molecule has 7 nitrogen and oxygen atoms in total. The lowest BCUT2D eigenvalue weighted by Crippen LogP contribution is -2.13. The predicted octanol–water partition coefficient (Wildman–Crippen LogP) is 5.92. The first kappa shape index (κ1) is 25.1. The predicted molar refractivity (Wildman–Crippen MR) is 150 cm³/mol. The highest BCUT2D eigenvalue weighted by Gasteiger charge is 2.15. The lowest BCUT2D eigenvalue weighted by Gasteiger charge is -2.12. The lowest BCUT2D eigenvalue weighted by molar-refractivity contribution is -0.115. The number of para-hydroxylation sites is 1. The van der Waals surface area contributed by atoms with Crippen molar-refractivity contribution in [2.45, 2.75) is 25.0 Å². The molecule has 0 aliphatic rings. The molecule has 1 aromatic heterocycles. The highest BCUT2D eigenvalue weighted by Crippen LogP contribution is 2.25. The third kappa shape index (κ3) is 6.76. The fraction of sp³-hybridized carbons (Fsp3) is 0.192. The molecule has 9 heteroatoms. The third-order valence-electron chi connectivity index (χ3n) is 5.28. The van der Waals surface area contributed by atoms with Crippen LogP contribution < -0.4 is 15.4 Å². The minimum atomic E-state index is -0.0443. The number of anilines is 2. The van der Waals surface area contributed by atoms with Gasteiger partial charge >= 0.3 is 0 Å². The van der Waals surface area contributed by atoms with Crippen molar-refractivity contribution in [1.29, 1.82) is 0 Å². The Bertz CT molecular complexity index is 1280. The van der Waals surface area contributed by atoms with Crippen LogP contribution in [0.5, 0.6) is 5.75 Å². The molecule has 180 valence electrons. The van der Waals surface area contributed by atoms with E-state index < -0.39 is 0 Å². The average molecular weight is 599 g/mol. The molecule has 0 unspecified atom stereocenters. The third-order valence-corrected chi connectivity index (χ3v) is 6.93. The standard InChI is InChI=1S/C26H26IN5O2S/c1-18-16-22(34-2)12-13-23(18)29-25(33)14-15-35-26-31-30-24(32(26)21-6-4-3-5-7-21)17-28-20-10-8-19(27)9-11-20/h3-13,16,28H,14-15,17H2,1-2H3,(H,29,33). The van der Waals surface area contributed by atoms with E-state index in [0.29, 0.717) is 18.7 Å². The zero-order valence-electron chi connectivity index (χ0n) is 19.5. The first-order valence-corrected chi connectivity index (χ1v) is 13.2. The first-order valence-electron chi connectivity index (χ1n) is 11.1. The van der Waals surface area contributed by atoms with Gasteiger partial charge in [-0.05, 0) is 89.7 Å². The molecule has 0 saturated heterocycles. The molecule has 0 saturated carbocycles. The van der Waals surface area contributed by atoms with Crippen LogP contribution in [0.4, 0.5) is 11.4 Å². The second-order valence-electron chi connectivity index (χ2n) is 7.76. The summed E-state index contributed by atoms with van der Waals surface area (Å²) in [7, 11) is 1.63. The van der Waals surface area contributed by atoms with Crippen LogP contribution in [0.2, 0.25) is 0 Å². The molecular formula is C26H26IN5O2S. The number of ether oxygens (including phenoxy) is 1. The van der Waals surface area contributed by atoms with Crippen LogP contribution in [0.25, 0.3) is 5.69 Å². The Hall–Kier alpha value is -3.05. The van der Waals surface area contributed by atoms with Crippen LogP contribution in [0.3, 0.4) is 0 Å². The maximum absolute atomic E-state index is 12.5. The van der Waals surface area contributed by atoms with E-state index in [4.69, 9.17) is 4.74 Å². The van der Waals surface area contributed by atoms with E-state index in [1.807, 2.05) is 72.2 Å². The zero-order valence-corrected chi connectivity index (χ0v) is 22.5. The van der Waals surface area contributed by atoms with Crippen LogP contribution in [0, 0.1) is 10.5 Å². The van der Waals surface area contributed by atoms with Gasteiger partial charge in [0.25, 0.3) is 0 Å². The Balaban J connectivity index is 1.41. The van der Waals surface area contributed by atoms with Gasteiger partial charge in [0.05, 0.1) is 13.7 Å². The van der Waals surface area contributed by atoms with Gasteiger partial charge < -0.3 is 15.4 Å². The van der Waals surface area contributed by atoms with Crippen LogP contribution >= 0.6 is 34.4 Å². The molecule has 0 bridgehead atoms. The topological polar surface area (TPSA) is 81.1 Å². The fourth-order valence-electron chi connectivity index (χ4n) is 3.44. The summed E-state index contributed by atoms with van der Waals surface area (Å²) >= 11 is 3.81. The van der Waals surface area contributed by atoms with Gasteiger partial charge in [0.15, 0.2) is 11.0 Å². The van der Waals surface area contributed by atoms with Crippen molar-refractivity contribution in [3.8, 4) is 11.4 Å². The number of benzene rings is 3. The molecule has 0 aliphatic heterocycles. The number of rotatable bonds is 10. The number of nitrogens with zero attached hydrogens (tertiary/aromatic N) is 3. The van der Waals surface area contributed by atoms with Crippen LogP contribution in [-0.4, -0.2) is 33.5 Å². The molecule has 1 heterocycles. The van der Waals surface area contributed by atoms with Gasteiger partial charge in [0, 0.05) is 32.8 Å². The largest absolute Gasteiger partial charge is 0.497 e. The van der Waals surface area contributed by atoms with E-state index >= 15 is 0 Å². The van der Waals surface area contributed by atoms with E-state index in [2.05, 4.69) is 55.6 Å². The van der Waals surface area contributed by atoms with Crippen LogP contribution in [-0.2, 0) is 11.3 Å². The summed E-state index contributed by atoms with van der Waals surface area (Å²) in [6.07, 6.45) is 0.355. The minimum Gasteiger partial charge on any atom is -0.497 e. The number of carbonyl (C=O) groups excluding carboxylic acids is 1. The number of methoxy groups -OCH3 is 1. The summed E-state index contributed by atoms with van der Waals surface area (Å²) in [5.41, 5.74) is 3.75. The summed E-state index contributed by atoms with van der Waals surface area (Å²) in [6, 6.07) is 23.8. The molecule has 2 N–H and O–H groups in total. The normalized spacial score (nSPS) is 10.7. The van der Waals surface area contributed by atoms with Crippen molar-refractivity contribution >= 4 is 51.6 Å². The molecule has 0 spiro atoms. The van der Waals surface area contributed by atoms with Crippen LogP contribution in [0.1, 0.15) is 17.8 Å². The molecule has 0 fully saturated rings. The number of hydrogen-bond acceptors (Lipinski definition) is 6. The fourth-order valence-corrected chi connectivity index (χ4v) is 4.71. The molecule has 1 amide bonds. The van der Waals surface area contributed by atoms with Gasteiger partial charge in [-0.25, -0.2) is 0 Å². The van der Waals surface area contributed by atoms with Crippen LogP contribution in [0.15, 0.2) is 78.0 Å². The Morgan fingerprint density at radius 1 is 1.06 bits per heavy atom. The van der Waals surface area contributed by atoms with E-state index in [0.717, 1.165) is 39.4 Å². The van der Waals surface area contributed by atoms with Gasteiger partial charge in [-0.2, -0.15) is 0 Å². The smallest absolute Gasteiger partial charge is 0.225 e. The maximum Gasteiger partial charge on any atom is 0.225 e. The summed E-state index contributed by atoms with van der Waals surface area (Å²) in [4.78, 5) is 12.5. The SMILES string of the molecule is COc1ccc(NC(=O)CCSc2nnc(CNc3ccc(I)cc3)n2-c2ccccc2)c(C)c1. The monoisotopic (exact) mass is 599 g/mol.